The maximum atomic E-state index is 12.3. The Morgan fingerprint density at radius 2 is 1.81 bits per heavy atom. The Hall–Kier alpha value is -2.67. The molecule has 1 saturated heterocycles. The molecule has 5 nitrogen and oxygen atoms in total. The molecule has 1 fully saturated rings. The van der Waals surface area contributed by atoms with E-state index in [4.69, 9.17) is 0 Å². The predicted octanol–water partition coefficient (Wildman–Crippen LogP) is 3.86. The molecule has 168 valence electrons. The number of piperazine rings is 1. The number of hydrogen-bond acceptors (Lipinski definition) is 4. The highest BCUT2D eigenvalue weighted by Crippen LogP contribution is 2.18. The molecular formula is C24H31F2N3O2. The quantitative estimate of drug-likeness (QED) is 0.655. The van der Waals surface area contributed by atoms with Crippen LogP contribution >= 0.6 is 0 Å². The van der Waals surface area contributed by atoms with Gasteiger partial charge >= 0.3 is 6.61 Å². The molecule has 1 heterocycles. The standard InChI is InChI=1S/C24H31F2N3O2/c1-18-4-3-5-21(16-18)29-14-12-28(13-15-29)11-10-19(2)27-23(30)17-20-6-8-22(9-7-20)31-24(25)26/h3-9,16,19,24H,10-15,17H2,1-2H3,(H,27,30). The summed E-state index contributed by atoms with van der Waals surface area (Å²) in [5.41, 5.74) is 3.33. The minimum Gasteiger partial charge on any atom is -0.435 e. The number of anilines is 1. The molecule has 2 aromatic carbocycles. The Labute approximate surface area is 183 Å². The van der Waals surface area contributed by atoms with Crippen LogP contribution in [0.5, 0.6) is 5.75 Å². The summed E-state index contributed by atoms with van der Waals surface area (Å²) in [6.45, 7) is 6.28. The summed E-state index contributed by atoms with van der Waals surface area (Å²) in [4.78, 5) is 17.1. The van der Waals surface area contributed by atoms with E-state index in [9.17, 15) is 13.6 Å². The molecule has 1 N–H and O–H groups in total. The number of nitrogens with zero attached hydrogens (tertiary/aromatic N) is 2. The minimum atomic E-state index is -2.85. The van der Waals surface area contributed by atoms with Crippen molar-refractivity contribution in [2.75, 3.05) is 37.6 Å². The number of alkyl halides is 2. The van der Waals surface area contributed by atoms with Crippen LogP contribution in [0.4, 0.5) is 14.5 Å². The maximum absolute atomic E-state index is 12.3. The number of benzene rings is 2. The van der Waals surface area contributed by atoms with E-state index in [-0.39, 0.29) is 24.1 Å². The number of carbonyl (C=O) groups is 1. The van der Waals surface area contributed by atoms with E-state index >= 15 is 0 Å². The SMILES string of the molecule is Cc1cccc(N2CCN(CCC(C)NC(=O)Cc3ccc(OC(F)F)cc3)CC2)c1. The zero-order chi connectivity index (χ0) is 22.2. The molecule has 1 amide bonds. The van der Waals surface area contributed by atoms with Crippen molar-refractivity contribution >= 4 is 11.6 Å². The normalized spacial score (nSPS) is 15.7. The van der Waals surface area contributed by atoms with Crippen LogP contribution in [0.3, 0.4) is 0 Å². The average molecular weight is 432 g/mol. The van der Waals surface area contributed by atoms with Crippen molar-refractivity contribution in [3.8, 4) is 5.75 Å². The van der Waals surface area contributed by atoms with Crippen LogP contribution in [0.1, 0.15) is 24.5 Å². The van der Waals surface area contributed by atoms with E-state index in [1.807, 2.05) is 6.92 Å². The van der Waals surface area contributed by atoms with Crippen molar-refractivity contribution in [2.45, 2.75) is 39.3 Å². The van der Waals surface area contributed by atoms with Gasteiger partial charge in [0.1, 0.15) is 5.75 Å². The fourth-order valence-corrected chi connectivity index (χ4v) is 3.80. The highest BCUT2D eigenvalue weighted by Gasteiger charge is 2.18. The van der Waals surface area contributed by atoms with E-state index in [0.29, 0.717) is 0 Å². The Balaban J connectivity index is 1.35. The minimum absolute atomic E-state index is 0.0701. The van der Waals surface area contributed by atoms with Gasteiger partial charge in [0.25, 0.3) is 0 Å². The third-order valence-corrected chi connectivity index (χ3v) is 5.54. The summed E-state index contributed by atoms with van der Waals surface area (Å²) in [6, 6.07) is 14.9. The summed E-state index contributed by atoms with van der Waals surface area (Å²) < 4.78 is 28.7. The van der Waals surface area contributed by atoms with E-state index < -0.39 is 6.61 Å². The van der Waals surface area contributed by atoms with E-state index in [2.05, 4.69) is 51.0 Å². The van der Waals surface area contributed by atoms with E-state index in [1.165, 1.54) is 23.4 Å². The van der Waals surface area contributed by atoms with Crippen molar-refractivity contribution in [2.24, 2.45) is 0 Å². The molecule has 7 heteroatoms. The summed E-state index contributed by atoms with van der Waals surface area (Å²) in [5.74, 6) is 0.0225. The van der Waals surface area contributed by atoms with Crippen LogP contribution in [0.2, 0.25) is 0 Å². The molecule has 1 aliphatic rings. The molecule has 3 rings (SSSR count). The van der Waals surface area contributed by atoms with Crippen LogP contribution in [0, 0.1) is 6.92 Å². The average Bonchev–Trinajstić information content (AvgIpc) is 2.73. The summed E-state index contributed by atoms with van der Waals surface area (Å²) in [5, 5.41) is 3.03. The first-order valence-corrected chi connectivity index (χ1v) is 10.8. The lowest BCUT2D eigenvalue weighted by Crippen LogP contribution is -2.47. The zero-order valence-corrected chi connectivity index (χ0v) is 18.2. The fourth-order valence-electron chi connectivity index (χ4n) is 3.80. The number of carbonyl (C=O) groups excluding carboxylic acids is 1. The molecule has 0 aromatic heterocycles. The molecule has 31 heavy (non-hydrogen) atoms. The number of amides is 1. The molecule has 1 unspecified atom stereocenters. The van der Waals surface area contributed by atoms with Gasteiger partial charge in [-0.1, -0.05) is 24.3 Å². The van der Waals surface area contributed by atoms with Crippen molar-refractivity contribution in [1.82, 2.24) is 10.2 Å². The lowest BCUT2D eigenvalue weighted by molar-refractivity contribution is -0.121. The van der Waals surface area contributed by atoms with Gasteiger partial charge in [0.15, 0.2) is 0 Å². The first-order chi connectivity index (χ1) is 14.9. The number of hydrogen-bond donors (Lipinski definition) is 1. The third kappa shape index (κ3) is 7.51. The highest BCUT2D eigenvalue weighted by atomic mass is 19.3. The van der Waals surface area contributed by atoms with Gasteiger partial charge in [0.2, 0.25) is 5.91 Å². The highest BCUT2D eigenvalue weighted by molar-refractivity contribution is 5.78. The van der Waals surface area contributed by atoms with Crippen LogP contribution < -0.4 is 15.0 Å². The summed E-state index contributed by atoms with van der Waals surface area (Å²) in [7, 11) is 0. The lowest BCUT2D eigenvalue weighted by atomic mass is 10.1. The molecule has 0 spiro atoms. The topological polar surface area (TPSA) is 44.8 Å². The second-order valence-corrected chi connectivity index (χ2v) is 8.12. The lowest BCUT2D eigenvalue weighted by Gasteiger charge is -2.36. The predicted molar refractivity (Wildman–Crippen MR) is 119 cm³/mol. The third-order valence-electron chi connectivity index (χ3n) is 5.54. The van der Waals surface area contributed by atoms with E-state index in [0.717, 1.165) is 44.7 Å². The Bertz CT molecular complexity index is 837. The number of ether oxygens (including phenoxy) is 1. The molecule has 0 saturated carbocycles. The molecule has 2 aromatic rings. The van der Waals surface area contributed by atoms with Crippen molar-refractivity contribution in [1.29, 1.82) is 0 Å². The van der Waals surface area contributed by atoms with Crippen molar-refractivity contribution < 1.29 is 18.3 Å². The second-order valence-electron chi connectivity index (χ2n) is 8.12. The first-order valence-electron chi connectivity index (χ1n) is 10.8. The van der Waals surface area contributed by atoms with E-state index in [1.54, 1.807) is 12.1 Å². The van der Waals surface area contributed by atoms with Crippen molar-refractivity contribution in [3.05, 3.63) is 59.7 Å². The Morgan fingerprint density at radius 1 is 1.10 bits per heavy atom. The van der Waals surface area contributed by atoms with Crippen LogP contribution in [-0.2, 0) is 11.2 Å². The largest absolute Gasteiger partial charge is 0.435 e. The molecule has 0 aliphatic carbocycles. The summed E-state index contributed by atoms with van der Waals surface area (Å²) in [6.07, 6.45) is 1.10. The first kappa shape index (κ1) is 23.0. The molecule has 0 radical (unpaired) electrons. The van der Waals surface area contributed by atoms with Gasteiger partial charge in [0, 0.05) is 44.5 Å². The van der Waals surface area contributed by atoms with Gasteiger partial charge in [-0.3, -0.25) is 9.69 Å². The van der Waals surface area contributed by atoms with Gasteiger partial charge < -0.3 is 15.0 Å². The number of rotatable bonds is 9. The monoisotopic (exact) mass is 431 g/mol. The molecule has 0 bridgehead atoms. The second kappa shape index (κ2) is 11.1. The van der Waals surface area contributed by atoms with Gasteiger partial charge in [-0.05, 0) is 55.7 Å². The van der Waals surface area contributed by atoms with Crippen LogP contribution in [-0.4, -0.2) is 56.2 Å². The fraction of sp³-hybridized carbons (Fsp3) is 0.458. The summed E-state index contributed by atoms with van der Waals surface area (Å²) >= 11 is 0. The van der Waals surface area contributed by atoms with Gasteiger partial charge in [0.05, 0.1) is 6.42 Å². The molecule has 1 aliphatic heterocycles. The van der Waals surface area contributed by atoms with Gasteiger partial charge in [-0.25, -0.2) is 0 Å². The van der Waals surface area contributed by atoms with Crippen molar-refractivity contribution in [3.63, 3.8) is 0 Å². The Kier molecular flexibility index (Phi) is 8.23. The van der Waals surface area contributed by atoms with Crippen LogP contribution in [0.15, 0.2) is 48.5 Å². The van der Waals surface area contributed by atoms with Gasteiger partial charge in [-0.2, -0.15) is 8.78 Å². The van der Waals surface area contributed by atoms with Gasteiger partial charge in [-0.15, -0.1) is 0 Å². The number of halogens is 2. The number of aryl methyl sites for hydroxylation is 1. The Morgan fingerprint density at radius 3 is 2.45 bits per heavy atom. The zero-order valence-electron chi connectivity index (χ0n) is 18.2. The molecular weight excluding hydrogens is 400 g/mol. The number of nitrogens with one attached hydrogen (secondary N) is 1. The van der Waals surface area contributed by atoms with Crippen LogP contribution in [0.25, 0.3) is 0 Å². The molecule has 1 atom stereocenters. The maximum Gasteiger partial charge on any atom is 0.387 e. The smallest absolute Gasteiger partial charge is 0.387 e.